The van der Waals surface area contributed by atoms with Crippen molar-refractivity contribution in [3.05, 3.63) is 12.4 Å². The Balaban J connectivity index is 1.95. The SMILES string of the molecule is CCOC(=O)CC1CCOc2c[nH]cc2O1. The molecule has 0 aromatic carbocycles. The Morgan fingerprint density at radius 3 is 3.19 bits per heavy atom. The molecule has 0 aliphatic carbocycles. The lowest BCUT2D eigenvalue weighted by molar-refractivity contribution is -0.145. The number of carbonyl (C=O) groups excluding carboxylic acids is 1. The van der Waals surface area contributed by atoms with Gasteiger partial charge in [-0.2, -0.15) is 0 Å². The van der Waals surface area contributed by atoms with Crippen LogP contribution in [0.1, 0.15) is 19.8 Å². The van der Waals surface area contributed by atoms with E-state index < -0.39 is 0 Å². The quantitative estimate of drug-likeness (QED) is 0.792. The molecule has 1 aromatic rings. The number of hydrogen-bond acceptors (Lipinski definition) is 4. The van der Waals surface area contributed by atoms with Gasteiger partial charge in [0, 0.05) is 18.8 Å². The van der Waals surface area contributed by atoms with E-state index in [9.17, 15) is 4.79 Å². The smallest absolute Gasteiger partial charge is 0.309 e. The van der Waals surface area contributed by atoms with Gasteiger partial charge in [-0.3, -0.25) is 4.79 Å². The third-order valence-corrected chi connectivity index (χ3v) is 2.36. The largest absolute Gasteiger partial charge is 0.488 e. The van der Waals surface area contributed by atoms with Crippen LogP contribution in [0.4, 0.5) is 0 Å². The number of esters is 1. The molecular weight excluding hydrogens is 210 g/mol. The summed E-state index contributed by atoms with van der Waals surface area (Å²) in [7, 11) is 0. The molecule has 0 amide bonds. The fourth-order valence-electron chi connectivity index (χ4n) is 1.63. The average Bonchev–Trinajstić information content (AvgIpc) is 2.58. The predicted molar refractivity (Wildman–Crippen MR) is 56.6 cm³/mol. The van der Waals surface area contributed by atoms with Crippen LogP contribution in [0.3, 0.4) is 0 Å². The third kappa shape index (κ3) is 2.48. The fraction of sp³-hybridized carbons (Fsp3) is 0.545. The number of carbonyl (C=O) groups is 1. The maximum Gasteiger partial charge on any atom is 0.309 e. The Labute approximate surface area is 93.7 Å². The van der Waals surface area contributed by atoms with Gasteiger partial charge in [0.15, 0.2) is 11.5 Å². The number of H-pyrrole nitrogens is 1. The minimum atomic E-state index is -0.230. The molecule has 0 radical (unpaired) electrons. The highest BCUT2D eigenvalue weighted by atomic mass is 16.5. The number of ether oxygens (including phenoxy) is 3. The van der Waals surface area contributed by atoms with Crippen molar-refractivity contribution >= 4 is 5.97 Å². The van der Waals surface area contributed by atoms with Crippen molar-refractivity contribution in [2.45, 2.75) is 25.9 Å². The van der Waals surface area contributed by atoms with Crippen LogP contribution in [0, 0.1) is 0 Å². The molecule has 0 saturated carbocycles. The summed E-state index contributed by atoms with van der Waals surface area (Å²) in [5.74, 6) is 1.13. The van der Waals surface area contributed by atoms with Gasteiger partial charge in [-0.15, -0.1) is 0 Å². The molecule has 0 bridgehead atoms. The van der Waals surface area contributed by atoms with Gasteiger partial charge in [-0.25, -0.2) is 0 Å². The second-order valence-electron chi connectivity index (χ2n) is 3.57. The van der Waals surface area contributed by atoms with Crippen molar-refractivity contribution < 1.29 is 19.0 Å². The van der Waals surface area contributed by atoms with Crippen LogP contribution < -0.4 is 9.47 Å². The number of fused-ring (bicyclic) bond motifs is 1. The summed E-state index contributed by atoms with van der Waals surface area (Å²) >= 11 is 0. The topological polar surface area (TPSA) is 60.5 Å². The molecule has 0 saturated heterocycles. The van der Waals surface area contributed by atoms with Crippen molar-refractivity contribution in [3.8, 4) is 11.5 Å². The molecule has 1 aliphatic heterocycles. The zero-order valence-corrected chi connectivity index (χ0v) is 9.19. The number of hydrogen-bond donors (Lipinski definition) is 1. The highest BCUT2D eigenvalue weighted by Crippen LogP contribution is 2.31. The molecule has 1 atom stereocenters. The monoisotopic (exact) mass is 225 g/mol. The fourth-order valence-corrected chi connectivity index (χ4v) is 1.63. The van der Waals surface area contributed by atoms with Gasteiger partial charge in [0.25, 0.3) is 0 Å². The van der Waals surface area contributed by atoms with E-state index in [-0.39, 0.29) is 18.5 Å². The van der Waals surface area contributed by atoms with E-state index in [4.69, 9.17) is 14.2 Å². The van der Waals surface area contributed by atoms with Crippen LogP contribution in [-0.2, 0) is 9.53 Å². The zero-order valence-electron chi connectivity index (χ0n) is 9.19. The molecule has 5 nitrogen and oxygen atoms in total. The molecule has 1 N–H and O–H groups in total. The summed E-state index contributed by atoms with van der Waals surface area (Å²) in [4.78, 5) is 14.2. The van der Waals surface area contributed by atoms with E-state index in [1.165, 1.54) is 0 Å². The zero-order chi connectivity index (χ0) is 11.4. The lowest BCUT2D eigenvalue weighted by Gasteiger charge is -2.13. The highest BCUT2D eigenvalue weighted by Gasteiger charge is 2.22. The van der Waals surface area contributed by atoms with E-state index in [0.717, 1.165) is 0 Å². The molecule has 1 unspecified atom stereocenters. The first kappa shape index (κ1) is 10.9. The Morgan fingerprint density at radius 1 is 1.56 bits per heavy atom. The first-order chi connectivity index (χ1) is 7.79. The number of aromatic amines is 1. The van der Waals surface area contributed by atoms with Gasteiger partial charge < -0.3 is 19.2 Å². The summed E-state index contributed by atoms with van der Waals surface area (Å²) in [6, 6.07) is 0. The Morgan fingerprint density at radius 2 is 2.38 bits per heavy atom. The summed E-state index contributed by atoms with van der Waals surface area (Å²) in [6.45, 7) is 2.74. The molecule has 2 rings (SSSR count). The van der Waals surface area contributed by atoms with Crippen molar-refractivity contribution in [1.29, 1.82) is 0 Å². The summed E-state index contributed by atoms with van der Waals surface area (Å²) in [5, 5.41) is 0. The van der Waals surface area contributed by atoms with Gasteiger partial charge in [0.1, 0.15) is 6.10 Å². The molecule has 16 heavy (non-hydrogen) atoms. The second-order valence-corrected chi connectivity index (χ2v) is 3.57. The number of rotatable bonds is 3. The summed E-state index contributed by atoms with van der Waals surface area (Å²) in [6.07, 6.45) is 4.24. The van der Waals surface area contributed by atoms with E-state index >= 15 is 0 Å². The van der Waals surface area contributed by atoms with Crippen molar-refractivity contribution in [2.75, 3.05) is 13.2 Å². The Kier molecular flexibility index (Phi) is 3.34. The first-order valence-corrected chi connectivity index (χ1v) is 5.41. The van der Waals surface area contributed by atoms with Gasteiger partial charge in [-0.1, -0.05) is 0 Å². The number of aromatic nitrogens is 1. The minimum absolute atomic E-state index is 0.170. The van der Waals surface area contributed by atoms with E-state index in [0.29, 0.717) is 31.1 Å². The van der Waals surface area contributed by atoms with Crippen molar-refractivity contribution in [1.82, 2.24) is 4.98 Å². The Bertz CT molecular complexity index is 361. The Hall–Kier alpha value is -1.65. The first-order valence-electron chi connectivity index (χ1n) is 5.41. The molecule has 88 valence electrons. The van der Waals surface area contributed by atoms with Crippen molar-refractivity contribution in [3.63, 3.8) is 0 Å². The van der Waals surface area contributed by atoms with E-state index in [2.05, 4.69) is 4.98 Å². The maximum atomic E-state index is 11.3. The lowest BCUT2D eigenvalue weighted by atomic mass is 10.2. The van der Waals surface area contributed by atoms with Gasteiger partial charge in [0.05, 0.1) is 19.6 Å². The van der Waals surface area contributed by atoms with Crippen molar-refractivity contribution in [2.24, 2.45) is 0 Å². The maximum absolute atomic E-state index is 11.3. The average molecular weight is 225 g/mol. The third-order valence-electron chi connectivity index (χ3n) is 2.36. The van der Waals surface area contributed by atoms with Crippen LogP contribution in [0.5, 0.6) is 11.5 Å². The number of nitrogens with one attached hydrogen (secondary N) is 1. The van der Waals surface area contributed by atoms with Crippen LogP contribution in [0.2, 0.25) is 0 Å². The molecule has 0 spiro atoms. The highest BCUT2D eigenvalue weighted by molar-refractivity contribution is 5.70. The summed E-state index contributed by atoms with van der Waals surface area (Å²) < 4.78 is 16.0. The predicted octanol–water partition coefficient (Wildman–Crippen LogP) is 1.50. The van der Waals surface area contributed by atoms with Gasteiger partial charge >= 0.3 is 5.97 Å². The molecule has 2 heterocycles. The van der Waals surface area contributed by atoms with Crippen LogP contribution in [0.25, 0.3) is 0 Å². The molecular formula is C11H15NO4. The van der Waals surface area contributed by atoms with Crippen LogP contribution in [0.15, 0.2) is 12.4 Å². The molecule has 1 aliphatic rings. The van der Waals surface area contributed by atoms with E-state index in [1.807, 2.05) is 0 Å². The molecule has 1 aromatic heterocycles. The summed E-state index contributed by atoms with van der Waals surface area (Å²) in [5.41, 5.74) is 0. The van der Waals surface area contributed by atoms with Gasteiger partial charge in [0.2, 0.25) is 0 Å². The lowest BCUT2D eigenvalue weighted by Crippen LogP contribution is -2.22. The molecule has 5 heteroatoms. The van der Waals surface area contributed by atoms with E-state index in [1.54, 1.807) is 19.3 Å². The normalized spacial score (nSPS) is 18.9. The molecule has 0 fully saturated rings. The van der Waals surface area contributed by atoms with Crippen LogP contribution >= 0.6 is 0 Å². The van der Waals surface area contributed by atoms with Crippen LogP contribution in [-0.4, -0.2) is 30.3 Å². The standard InChI is InChI=1S/C11H15NO4/c1-2-14-11(13)5-8-3-4-15-9-6-12-7-10(9)16-8/h6-8,12H,2-5H2,1H3. The minimum Gasteiger partial charge on any atom is -0.488 e. The van der Waals surface area contributed by atoms with Gasteiger partial charge in [-0.05, 0) is 6.92 Å². The second kappa shape index (κ2) is 4.92.